The second kappa shape index (κ2) is 5.24. The minimum atomic E-state index is -0.0992. The van der Waals surface area contributed by atoms with Crippen LogP contribution in [0.5, 0.6) is 5.75 Å². The Balaban J connectivity index is 2.54. The van der Waals surface area contributed by atoms with Crippen molar-refractivity contribution in [2.24, 2.45) is 0 Å². The number of carbonyl (C=O) groups excluding carboxylic acids is 1. The highest BCUT2D eigenvalue weighted by atomic mass is 16.5. The molecule has 1 aromatic carbocycles. The molecule has 1 aromatic rings. The molecule has 0 aliphatic carbocycles. The van der Waals surface area contributed by atoms with E-state index in [2.05, 4.69) is 5.32 Å². The summed E-state index contributed by atoms with van der Waals surface area (Å²) in [5.74, 6) is 0.798. The Morgan fingerprint density at radius 3 is 2.80 bits per heavy atom. The van der Waals surface area contributed by atoms with E-state index in [0.717, 1.165) is 11.3 Å². The molecule has 0 atom stereocenters. The van der Waals surface area contributed by atoms with Gasteiger partial charge in [-0.05, 0) is 17.7 Å². The molecule has 0 radical (unpaired) electrons. The highest BCUT2D eigenvalue weighted by molar-refractivity contribution is 5.73. The fourth-order valence-electron chi connectivity index (χ4n) is 1.12. The molecule has 0 saturated heterocycles. The highest BCUT2D eigenvalue weighted by Gasteiger charge is 2.02. The lowest BCUT2D eigenvalue weighted by atomic mass is 10.2. The Morgan fingerprint density at radius 1 is 1.47 bits per heavy atom. The van der Waals surface area contributed by atoms with E-state index in [4.69, 9.17) is 4.74 Å². The Kier molecular flexibility index (Phi) is 3.97. The third kappa shape index (κ3) is 3.50. The van der Waals surface area contributed by atoms with Crippen molar-refractivity contribution in [2.45, 2.75) is 6.54 Å². The van der Waals surface area contributed by atoms with Gasteiger partial charge in [-0.1, -0.05) is 12.1 Å². The molecule has 0 aliphatic heterocycles. The third-order valence-electron chi connectivity index (χ3n) is 1.98. The smallest absolute Gasteiger partial charge is 0.317 e. The molecule has 15 heavy (non-hydrogen) atoms. The van der Waals surface area contributed by atoms with Gasteiger partial charge >= 0.3 is 6.03 Å². The maximum absolute atomic E-state index is 11.3. The number of ether oxygens (including phenoxy) is 1. The van der Waals surface area contributed by atoms with Crippen molar-refractivity contribution in [3.05, 3.63) is 29.8 Å². The largest absolute Gasteiger partial charge is 0.497 e. The Morgan fingerprint density at radius 2 is 2.20 bits per heavy atom. The Bertz CT molecular complexity index is 337. The van der Waals surface area contributed by atoms with E-state index in [1.54, 1.807) is 21.2 Å². The number of rotatable bonds is 3. The van der Waals surface area contributed by atoms with Crippen LogP contribution in [-0.2, 0) is 6.54 Å². The molecule has 82 valence electrons. The van der Waals surface area contributed by atoms with Gasteiger partial charge in [-0.25, -0.2) is 4.79 Å². The first-order valence-electron chi connectivity index (χ1n) is 4.71. The van der Waals surface area contributed by atoms with E-state index in [9.17, 15) is 4.79 Å². The first-order valence-corrected chi connectivity index (χ1v) is 4.71. The number of methoxy groups -OCH3 is 1. The van der Waals surface area contributed by atoms with Crippen LogP contribution in [0.3, 0.4) is 0 Å². The number of urea groups is 1. The number of hydrogen-bond donors (Lipinski definition) is 1. The van der Waals surface area contributed by atoms with Gasteiger partial charge in [0.1, 0.15) is 5.75 Å². The first kappa shape index (κ1) is 11.4. The van der Waals surface area contributed by atoms with Crippen molar-refractivity contribution < 1.29 is 9.53 Å². The summed E-state index contributed by atoms with van der Waals surface area (Å²) in [6, 6.07) is 7.51. The average molecular weight is 208 g/mol. The van der Waals surface area contributed by atoms with Crippen molar-refractivity contribution in [2.75, 3.05) is 21.2 Å². The third-order valence-corrected chi connectivity index (χ3v) is 1.98. The van der Waals surface area contributed by atoms with Gasteiger partial charge in [0.15, 0.2) is 0 Å². The quantitative estimate of drug-likeness (QED) is 0.817. The van der Waals surface area contributed by atoms with E-state index >= 15 is 0 Å². The van der Waals surface area contributed by atoms with Gasteiger partial charge in [0.2, 0.25) is 0 Å². The van der Waals surface area contributed by atoms with Gasteiger partial charge in [-0.15, -0.1) is 0 Å². The van der Waals surface area contributed by atoms with Crippen molar-refractivity contribution in [1.29, 1.82) is 0 Å². The summed E-state index contributed by atoms with van der Waals surface area (Å²) in [6.45, 7) is 0.508. The summed E-state index contributed by atoms with van der Waals surface area (Å²) in [7, 11) is 5.04. The number of nitrogens with zero attached hydrogens (tertiary/aromatic N) is 1. The number of amides is 2. The molecule has 0 aromatic heterocycles. The molecule has 4 nitrogen and oxygen atoms in total. The number of nitrogens with one attached hydrogen (secondary N) is 1. The lowest BCUT2D eigenvalue weighted by Gasteiger charge is -2.12. The minimum Gasteiger partial charge on any atom is -0.497 e. The molecule has 0 spiro atoms. The van der Waals surface area contributed by atoms with Crippen LogP contribution in [0.25, 0.3) is 0 Å². The van der Waals surface area contributed by atoms with Crippen LogP contribution in [0.1, 0.15) is 5.56 Å². The number of hydrogen-bond acceptors (Lipinski definition) is 2. The Hall–Kier alpha value is -1.71. The molecule has 0 bridgehead atoms. The first-order chi connectivity index (χ1) is 7.13. The average Bonchev–Trinajstić information content (AvgIpc) is 2.26. The van der Waals surface area contributed by atoms with Crippen LogP contribution in [0.15, 0.2) is 24.3 Å². The summed E-state index contributed by atoms with van der Waals surface area (Å²) in [5.41, 5.74) is 1.02. The molecule has 0 fully saturated rings. The molecule has 4 heteroatoms. The Labute approximate surface area is 89.8 Å². The van der Waals surface area contributed by atoms with E-state index in [-0.39, 0.29) is 6.03 Å². The number of carbonyl (C=O) groups is 1. The zero-order valence-corrected chi connectivity index (χ0v) is 9.28. The molecule has 0 aliphatic rings. The van der Waals surface area contributed by atoms with E-state index in [0.29, 0.717) is 6.54 Å². The SMILES string of the molecule is COc1cccc(CNC(=O)N(C)C)c1. The van der Waals surface area contributed by atoms with Gasteiger partial charge < -0.3 is 15.0 Å². The van der Waals surface area contributed by atoms with E-state index < -0.39 is 0 Å². The molecule has 0 unspecified atom stereocenters. The van der Waals surface area contributed by atoms with Crippen LogP contribution in [0.4, 0.5) is 4.79 Å². The normalized spacial score (nSPS) is 9.53. The van der Waals surface area contributed by atoms with Crippen molar-refractivity contribution in [1.82, 2.24) is 10.2 Å². The van der Waals surface area contributed by atoms with E-state index in [1.165, 1.54) is 4.90 Å². The lowest BCUT2D eigenvalue weighted by molar-refractivity contribution is 0.217. The maximum Gasteiger partial charge on any atom is 0.317 e. The van der Waals surface area contributed by atoms with Gasteiger partial charge in [0.05, 0.1) is 7.11 Å². The fourth-order valence-corrected chi connectivity index (χ4v) is 1.12. The summed E-state index contributed by atoms with van der Waals surface area (Å²) in [6.07, 6.45) is 0. The molecular formula is C11H16N2O2. The summed E-state index contributed by atoms with van der Waals surface area (Å²) in [4.78, 5) is 12.8. The molecule has 0 saturated carbocycles. The van der Waals surface area contributed by atoms with Crippen molar-refractivity contribution in [3.63, 3.8) is 0 Å². The topological polar surface area (TPSA) is 41.6 Å². The molecule has 2 amide bonds. The van der Waals surface area contributed by atoms with Gasteiger partial charge in [-0.3, -0.25) is 0 Å². The lowest BCUT2D eigenvalue weighted by Crippen LogP contribution is -2.33. The molecular weight excluding hydrogens is 192 g/mol. The minimum absolute atomic E-state index is 0.0992. The number of benzene rings is 1. The summed E-state index contributed by atoms with van der Waals surface area (Å²) >= 11 is 0. The van der Waals surface area contributed by atoms with E-state index in [1.807, 2.05) is 24.3 Å². The summed E-state index contributed by atoms with van der Waals surface area (Å²) < 4.78 is 5.09. The van der Waals surface area contributed by atoms with Gasteiger partial charge in [-0.2, -0.15) is 0 Å². The zero-order valence-electron chi connectivity index (χ0n) is 9.28. The fraction of sp³-hybridized carbons (Fsp3) is 0.364. The molecule has 0 heterocycles. The van der Waals surface area contributed by atoms with Crippen LogP contribution in [0.2, 0.25) is 0 Å². The maximum atomic E-state index is 11.3. The van der Waals surface area contributed by atoms with Gasteiger partial charge in [0.25, 0.3) is 0 Å². The predicted molar refractivity (Wildman–Crippen MR) is 58.9 cm³/mol. The van der Waals surface area contributed by atoms with Crippen molar-refractivity contribution in [3.8, 4) is 5.75 Å². The zero-order chi connectivity index (χ0) is 11.3. The second-order valence-electron chi connectivity index (χ2n) is 3.40. The highest BCUT2D eigenvalue weighted by Crippen LogP contribution is 2.11. The van der Waals surface area contributed by atoms with Crippen LogP contribution in [-0.4, -0.2) is 32.1 Å². The monoisotopic (exact) mass is 208 g/mol. The van der Waals surface area contributed by atoms with Gasteiger partial charge in [0, 0.05) is 20.6 Å². The van der Waals surface area contributed by atoms with Crippen LogP contribution >= 0.6 is 0 Å². The summed E-state index contributed by atoms with van der Waals surface area (Å²) in [5, 5.41) is 2.78. The predicted octanol–water partition coefficient (Wildman–Crippen LogP) is 1.47. The van der Waals surface area contributed by atoms with Crippen LogP contribution < -0.4 is 10.1 Å². The second-order valence-corrected chi connectivity index (χ2v) is 3.40. The molecule has 1 N–H and O–H groups in total. The van der Waals surface area contributed by atoms with Crippen molar-refractivity contribution >= 4 is 6.03 Å². The standard InChI is InChI=1S/C11H16N2O2/c1-13(2)11(14)12-8-9-5-4-6-10(7-9)15-3/h4-7H,8H2,1-3H3,(H,12,14). The molecule has 1 rings (SSSR count). The van der Waals surface area contributed by atoms with Crippen LogP contribution in [0, 0.1) is 0 Å².